The number of nitrogens with zero attached hydrogens (tertiary/aromatic N) is 1. The topological polar surface area (TPSA) is 84.8 Å². The summed E-state index contributed by atoms with van der Waals surface area (Å²) < 4.78 is 32.1. The van der Waals surface area contributed by atoms with Gasteiger partial charge in [-0.25, -0.2) is 13.4 Å². The highest BCUT2D eigenvalue weighted by molar-refractivity contribution is 7.90. The maximum Gasteiger partial charge on any atom is 0.310 e. The van der Waals surface area contributed by atoms with Crippen LogP contribution in [0.5, 0.6) is 0 Å². The summed E-state index contributed by atoms with van der Waals surface area (Å²) in [5, 5.41) is 0.297. The lowest BCUT2D eigenvalue weighted by Gasteiger charge is -2.17. The van der Waals surface area contributed by atoms with E-state index in [4.69, 9.17) is 16.3 Å². The number of aliphatic imine (C=N–C) groups is 1. The van der Waals surface area contributed by atoms with E-state index in [1.807, 2.05) is 12.2 Å². The zero-order valence-corrected chi connectivity index (χ0v) is 22.8. The lowest BCUT2D eigenvalue weighted by atomic mass is 10.2. The molecule has 1 aromatic rings. The van der Waals surface area contributed by atoms with E-state index in [0.29, 0.717) is 11.4 Å². The Bertz CT molecular complexity index is 1190. The van der Waals surface area contributed by atoms with E-state index in [9.17, 15) is 13.2 Å². The van der Waals surface area contributed by atoms with Crippen molar-refractivity contribution in [1.29, 1.82) is 0 Å². The van der Waals surface area contributed by atoms with Crippen molar-refractivity contribution in [2.45, 2.75) is 56.8 Å². The number of benzene rings is 1. The summed E-state index contributed by atoms with van der Waals surface area (Å²) in [5.74, 6) is -0.422. The number of nitrogens with one attached hydrogen (secondary N) is 1. The number of esters is 1. The first-order valence-corrected chi connectivity index (χ1v) is 14.2. The predicted octanol–water partition coefficient (Wildman–Crippen LogP) is 7.29. The third-order valence-corrected chi connectivity index (χ3v) is 6.62. The molecule has 0 spiro atoms. The molecular weight excluding hydrogens is 508 g/mol. The van der Waals surface area contributed by atoms with Gasteiger partial charge in [-0.05, 0) is 56.7 Å². The number of carbonyl (C=O) groups excluding carboxylic acids is 1. The lowest BCUT2D eigenvalue weighted by molar-refractivity contribution is -0.140. The van der Waals surface area contributed by atoms with Crippen LogP contribution in [-0.2, 0) is 19.6 Å². The van der Waals surface area contributed by atoms with E-state index < -0.39 is 16.0 Å². The van der Waals surface area contributed by atoms with Crippen molar-refractivity contribution in [3.05, 3.63) is 96.1 Å². The van der Waals surface area contributed by atoms with E-state index in [1.165, 1.54) is 12.1 Å². The van der Waals surface area contributed by atoms with Crippen molar-refractivity contribution < 1.29 is 17.9 Å². The van der Waals surface area contributed by atoms with Crippen LogP contribution < -0.4 is 4.72 Å². The molecule has 1 N–H and O–H groups in total. The number of ether oxygens (including phenoxy) is 1. The molecular formula is C29H35ClN2O4S. The van der Waals surface area contributed by atoms with Crippen molar-refractivity contribution in [2.24, 2.45) is 4.99 Å². The molecule has 37 heavy (non-hydrogen) atoms. The van der Waals surface area contributed by atoms with Crippen molar-refractivity contribution >= 4 is 39.1 Å². The fraction of sp³-hybridized carbons (Fsp3) is 0.310. The standard InChI is InChI=1S/C29H35ClN2O4S/c1-2-3-4-5-6-7-8-9-10-11-12-13-14-15-16-17-18-19-20-29(33)36-24-28-31-26-22-21-25(30)23-27(26)37(34,35)32-28/h3-4,6-7,9-10,12-13,15-16,18-19,21-23H,2,5,8,11,14,17,20,24H2,1H3,(H,31,32)/b4-3-,7-6-,10-9-,13-12-,16-15-,19-18-. The van der Waals surface area contributed by atoms with Crippen LogP contribution in [0, 0.1) is 0 Å². The molecule has 0 aliphatic carbocycles. The van der Waals surface area contributed by atoms with E-state index in [1.54, 1.807) is 12.1 Å². The van der Waals surface area contributed by atoms with Gasteiger partial charge in [0.25, 0.3) is 10.0 Å². The van der Waals surface area contributed by atoms with Gasteiger partial charge >= 0.3 is 5.97 Å². The first-order valence-electron chi connectivity index (χ1n) is 12.4. The molecule has 0 saturated carbocycles. The molecule has 1 aliphatic rings. The minimum absolute atomic E-state index is 0.00643. The Morgan fingerprint density at radius 2 is 1.38 bits per heavy atom. The van der Waals surface area contributed by atoms with Crippen LogP contribution in [0.25, 0.3) is 0 Å². The molecule has 2 rings (SSSR count). The van der Waals surface area contributed by atoms with Gasteiger partial charge in [0.15, 0.2) is 5.84 Å². The van der Waals surface area contributed by atoms with E-state index >= 15 is 0 Å². The Hall–Kier alpha value is -3.16. The maximum absolute atomic E-state index is 12.3. The summed E-state index contributed by atoms with van der Waals surface area (Å²) in [6, 6.07) is 4.39. The van der Waals surface area contributed by atoms with Crippen molar-refractivity contribution in [2.75, 3.05) is 6.61 Å². The van der Waals surface area contributed by atoms with Crippen molar-refractivity contribution in [3.63, 3.8) is 0 Å². The highest BCUT2D eigenvalue weighted by atomic mass is 35.5. The van der Waals surface area contributed by atoms with Crippen LogP contribution >= 0.6 is 11.6 Å². The normalized spacial score (nSPS) is 15.4. The van der Waals surface area contributed by atoms with Crippen LogP contribution in [0.2, 0.25) is 5.02 Å². The second kappa shape index (κ2) is 17.3. The summed E-state index contributed by atoms with van der Waals surface area (Å²) in [5.41, 5.74) is 0.256. The van der Waals surface area contributed by atoms with Gasteiger partial charge in [-0.1, -0.05) is 91.4 Å². The smallest absolute Gasteiger partial charge is 0.310 e. The molecule has 0 amide bonds. The second-order valence-corrected chi connectivity index (χ2v) is 10.1. The zero-order valence-electron chi connectivity index (χ0n) is 21.2. The molecule has 0 aromatic heterocycles. The molecule has 198 valence electrons. The summed E-state index contributed by atoms with van der Waals surface area (Å²) in [7, 11) is -3.80. The second-order valence-electron chi connectivity index (χ2n) is 8.06. The molecule has 0 radical (unpaired) electrons. The van der Waals surface area contributed by atoms with Gasteiger partial charge in [0.2, 0.25) is 0 Å². The van der Waals surface area contributed by atoms with Gasteiger partial charge in [-0.2, -0.15) is 0 Å². The number of rotatable bonds is 15. The van der Waals surface area contributed by atoms with Crippen molar-refractivity contribution in [1.82, 2.24) is 4.72 Å². The maximum atomic E-state index is 12.3. The van der Waals surface area contributed by atoms with Crippen LogP contribution in [-0.4, -0.2) is 26.8 Å². The van der Waals surface area contributed by atoms with Gasteiger partial charge in [0.05, 0.1) is 12.1 Å². The monoisotopic (exact) mass is 542 g/mol. The number of sulfonamides is 1. The van der Waals surface area contributed by atoms with Gasteiger partial charge in [-0.3, -0.25) is 9.52 Å². The molecule has 1 aliphatic heterocycles. The largest absolute Gasteiger partial charge is 0.457 e. The Morgan fingerprint density at radius 3 is 1.92 bits per heavy atom. The average molecular weight is 543 g/mol. The minimum atomic E-state index is -3.80. The number of halogens is 1. The molecule has 1 aromatic carbocycles. The Labute approximate surface area is 225 Å². The average Bonchev–Trinajstić information content (AvgIpc) is 2.87. The van der Waals surface area contributed by atoms with Gasteiger partial charge in [-0.15, -0.1) is 0 Å². The highest BCUT2D eigenvalue weighted by Gasteiger charge is 2.26. The quantitative estimate of drug-likeness (QED) is 0.186. The summed E-state index contributed by atoms with van der Waals surface area (Å²) in [6.07, 6.45) is 30.7. The number of fused-ring (bicyclic) bond motifs is 1. The fourth-order valence-electron chi connectivity index (χ4n) is 3.14. The minimum Gasteiger partial charge on any atom is -0.457 e. The third-order valence-electron chi connectivity index (χ3n) is 4.97. The summed E-state index contributed by atoms with van der Waals surface area (Å²) in [6.45, 7) is 1.87. The number of carbonyl (C=O) groups is 1. The number of hydrogen-bond donors (Lipinski definition) is 1. The summed E-state index contributed by atoms with van der Waals surface area (Å²) >= 11 is 5.86. The first kappa shape index (κ1) is 30.1. The Kier molecular flexibility index (Phi) is 14.1. The fourth-order valence-corrected chi connectivity index (χ4v) is 4.58. The lowest BCUT2D eigenvalue weighted by Crippen LogP contribution is -2.36. The molecule has 8 heteroatoms. The molecule has 0 atom stereocenters. The Morgan fingerprint density at radius 1 is 0.865 bits per heavy atom. The van der Waals surface area contributed by atoms with Crippen LogP contribution in [0.3, 0.4) is 0 Å². The third kappa shape index (κ3) is 12.6. The SMILES string of the molecule is CC/C=C\C/C=C\C/C=C\C/C=C\C/C=C\C/C=C\CC(=O)OCC1=Nc2ccc(Cl)cc2S(=O)(=O)N1. The molecule has 1 heterocycles. The number of amidine groups is 1. The molecule has 0 fully saturated rings. The van der Waals surface area contributed by atoms with Gasteiger partial charge in [0.1, 0.15) is 11.5 Å². The zero-order chi connectivity index (χ0) is 26.8. The highest BCUT2D eigenvalue weighted by Crippen LogP contribution is 2.30. The van der Waals surface area contributed by atoms with E-state index in [2.05, 4.69) is 71.3 Å². The predicted molar refractivity (Wildman–Crippen MR) is 153 cm³/mol. The molecule has 6 nitrogen and oxygen atoms in total. The van der Waals surface area contributed by atoms with E-state index in [-0.39, 0.29) is 29.4 Å². The van der Waals surface area contributed by atoms with Crippen molar-refractivity contribution in [3.8, 4) is 0 Å². The molecule has 0 unspecified atom stereocenters. The summed E-state index contributed by atoms with van der Waals surface area (Å²) in [4.78, 5) is 16.1. The van der Waals surface area contributed by atoms with Gasteiger partial charge < -0.3 is 4.74 Å². The van der Waals surface area contributed by atoms with E-state index in [0.717, 1.165) is 32.1 Å². The molecule has 0 saturated heterocycles. The Balaban J connectivity index is 1.57. The number of hydrogen-bond acceptors (Lipinski definition) is 5. The van der Waals surface area contributed by atoms with Crippen LogP contribution in [0.1, 0.15) is 51.9 Å². The van der Waals surface area contributed by atoms with Crippen LogP contribution in [0.15, 0.2) is 101 Å². The molecule has 0 bridgehead atoms. The first-order chi connectivity index (χ1) is 17.9. The number of allylic oxidation sites excluding steroid dienone is 11. The van der Waals surface area contributed by atoms with Crippen LogP contribution in [0.4, 0.5) is 5.69 Å². The van der Waals surface area contributed by atoms with Gasteiger partial charge in [0, 0.05) is 5.02 Å².